The Kier molecular flexibility index (Phi) is 7.29. The van der Waals surface area contributed by atoms with Gasteiger partial charge in [0.15, 0.2) is 10.3 Å². The lowest BCUT2D eigenvalue weighted by atomic mass is 10.2. The maximum absolute atomic E-state index is 13.9. The van der Waals surface area contributed by atoms with E-state index in [1.165, 1.54) is 15.9 Å². The average Bonchev–Trinajstić information content (AvgIpc) is 3.35. The van der Waals surface area contributed by atoms with Crippen molar-refractivity contribution < 1.29 is 23.7 Å². The monoisotopic (exact) mass is 576 g/mol. The molecule has 2 fully saturated rings. The van der Waals surface area contributed by atoms with Crippen molar-refractivity contribution in [1.82, 2.24) is 19.4 Å². The maximum atomic E-state index is 13.9. The third-order valence-corrected chi connectivity index (χ3v) is 8.64. The third kappa shape index (κ3) is 5.58. The fourth-order valence-electron chi connectivity index (χ4n) is 4.96. The van der Waals surface area contributed by atoms with Gasteiger partial charge in [0.05, 0.1) is 26.8 Å². The van der Waals surface area contributed by atoms with Gasteiger partial charge in [0.25, 0.3) is 5.56 Å². The number of ether oxygens (including phenoxy) is 4. The van der Waals surface area contributed by atoms with Crippen molar-refractivity contribution >= 4 is 27.8 Å². The van der Waals surface area contributed by atoms with E-state index in [-0.39, 0.29) is 41.9 Å². The summed E-state index contributed by atoms with van der Waals surface area (Å²) in [7, 11) is 3.17. The minimum absolute atomic E-state index is 0.189. The van der Waals surface area contributed by atoms with Gasteiger partial charge in [-0.1, -0.05) is 41.7 Å². The van der Waals surface area contributed by atoms with Crippen LogP contribution in [-0.4, -0.2) is 51.9 Å². The van der Waals surface area contributed by atoms with Gasteiger partial charge < -0.3 is 18.9 Å². The lowest BCUT2D eigenvalue weighted by Gasteiger charge is -2.22. The minimum Gasteiger partial charge on any atom is -0.497 e. The van der Waals surface area contributed by atoms with Crippen LogP contribution in [0.15, 0.2) is 53.3 Å². The summed E-state index contributed by atoms with van der Waals surface area (Å²) < 4.78 is 24.3. The van der Waals surface area contributed by atoms with Crippen molar-refractivity contribution in [2.45, 2.75) is 57.4 Å². The molecule has 1 unspecified atom stereocenters. The number of carbonyl (C=O) groups is 1. The molecular formula is C30H32N4O6S. The molecule has 10 nitrogen and oxygen atoms in total. The highest BCUT2D eigenvalue weighted by molar-refractivity contribution is 7.18. The molecule has 1 saturated carbocycles. The number of aromatic nitrogens is 3. The summed E-state index contributed by atoms with van der Waals surface area (Å²) in [6.07, 6.45) is 2.95. The predicted octanol–water partition coefficient (Wildman–Crippen LogP) is 5.32. The number of nitrogens with zero attached hydrogens (tertiary/aromatic N) is 4. The fraction of sp³-hybridized carbons (Fsp3) is 0.400. The highest BCUT2D eigenvalue weighted by Gasteiger charge is 2.42. The number of thiazole rings is 1. The van der Waals surface area contributed by atoms with Gasteiger partial charge in [-0.3, -0.25) is 14.3 Å². The number of hydrogen-bond acceptors (Lipinski definition) is 9. The first-order valence-corrected chi connectivity index (χ1v) is 14.5. The Morgan fingerprint density at radius 3 is 2.63 bits per heavy atom. The Hall–Kier alpha value is -4.12. The van der Waals surface area contributed by atoms with Crippen molar-refractivity contribution in [3.8, 4) is 17.5 Å². The molecule has 0 spiro atoms. The molecule has 214 valence electrons. The number of carbonyl (C=O) groups excluding carboxylic acids is 1. The van der Waals surface area contributed by atoms with Crippen molar-refractivity contribution in [2.24, 2.45) is 0 Å². The van der Waals surface area contributed by atoms with E-state index in [1.807, 2.05) is 49.4 Å². The van der Waals surface area contributed by atoms with Crippen LogP contribution in [0.25, 0.3) is 10.3 Å². The third-order valence-electron chi connectivity index (χ3n) is 7.59. The first-order valence-electron chi connectivity index (χ1n) is 13.7. The lowest BCUT2D eigenvalue weighted by Crippen LogP contribution is -2.31. The number of rotatable bonds is 9. The van der Waals surface area contributed by atoms with Gasteiger partial charge in [0.1, 0.15) is 28.7 Å². The molecule has 0 bridgehead atoms. The zero-order chi connectivity index (χ0) is 28.6. The summed E-state index contributed by atoms with van der Waals surface area (Å²) in [6, 6.07) is 15.0. The van der Waals surface area contributed by atoms with Crippen LogP contribution in [0.3, 0.4) is 0 Å². The lowest BCUT2D eigenvalue weighted by molar-refractivity contribution is 0.0920. The highest BCUT2D eigenvalue weighted by Crippen LogP contribution is 2.40. The summed E-state index contributed by atoms with van der Waals surface area (Å²) in [5.74, 6) is 1.25. The summed E-state index contributed by atoms with van der Waals surface area (Å²) in [5.41, 5.74) is 1.31. The van der Waals surface area contributed by atoms with E-state index < -0.39 is 6.09 Å². The number of hydrogen-bond donors (Lipinski definition) is 0. The van der Waals surface area contributed by atoms with E-state index in [9.17, 15) is 9.59 Å². The summed E-state index contributed by atoms with van der Waals surface area (Å²) >= 11 is 1.33. The van der Waals surface area contributed by atoms with Gasteiger partial charge in [0, 0.05) is 18.2 Å². The van der Waals surface area contributed by atoms with E-state index in [1.54, 1.807) is 25.2 Å². The molecule has 1 saturated heterocycles. The molecule has 2 aromatic carbocycles. The van der Waals surface area contributed by atoms with Crippen LogP contribution < -0.4 is 19.8 Å². The molecule has 4 aromatic rings. The molecule has 1 atom stereocenters. The smallest absolute Gasteiger partial charge is 0.410 e. The van der Waals surface area contributed by atoms with Crippen molar-refractivity contribution in [1.29, 1.82) is 0 Å². The second-order valence-electron chi connectivity index (χ2n) is 10.6. The Morgan fingerprint density at radius 1 is 1.10 bits per heavy atom. The Balaban J connectivity index is 1.32. The number of amides is 1. The van der Waals surface area contributed by atoms with Crippen LogP contribution in [-0.2, 0) is 17.9 Å². The largest absolute Gasteiger partial charge is 0.497 e. The standard InChI is InChI=1S/C30H32N4O6S/c1-30(13-14-30)40-28-32-26-24(27(35)34(28)17-20-11-12-21(37-2)16-23(20)38-3)31-25(41-26)22-10-7-15-33(22)29(36)39-18-19-8-5-4-6-9-19/h4-6,8-9,11-12,16,22H,7,10,13-15,17-18H2,1-3H3. The van der Waals surface area contributed by atoms with Gasteiger partial charge in [-0.15, -0.1) is 0 Å². The molecule has 1 aliphatic carbocycles. The van der Waals surface area contributed by atoms with Gasteiger partial charge >= 0.3 is 12.1 Å². The number of likely N-dealkylation sites (tertiary alicyclic amines) is 1. The summed E-state index contributed by atoms with van der Waals surface area (Å²) in [4.78, 5) is 38.6. The Labute approximate surface area is 241 Å². The Bertz CT molecular complexity index is 1630. The molecule has 1 amide bonds. The minimum atomic E-state index is -0.390. The second-order valence-corrected chi connectivity index (χ2v) is 11.6. The van der Waals surface area contributed by atoms with E-state index in [2.05, 4.69) is 0 Å². The SMILES string of the molecule is COc1ccc(Cn2c(OC3(C)CC3)nc3sc(C4CCCN4C(=O)OCc4ccccc4)nc3c2=O)c(OC)c1. The molecule has 1 aliphatic heterocycles. The number of fused-ring (bicyclic) bond motifs is 1. The molecule has 6 rings (SSSR count). The number of benzene rings is 2. The van der Waals surface area contributed by atoms with Crippen molar-refractivity contribution in [3.63, 3.8) is 0 Å². The van der Waals surface area contributed by atoms with Crippen molar-refractivity contribution in [3.05, 3.63) is 75.0 Å². The normalized spacial score (nSPS) is 17.4. The van der Waals surface area contributed by atoms with Crippen LogP contribution in [0.1, 0.15) is 54.8 Å². The predicted molar refractivity (Wildman–Crippen MR) is 154 cm³/mol. The summed E-state index contributed by atoms with van der Waals surface area (Å²) in [5, 5.41) is 0.669. The molecule has 2 aliphatic rings. The van der Waals surface area contributed by atoms with Gasteiger partial charge in [-0.05, 0) is 50.3 Å². The van der Waals surface area contributed by atoms with Gasteiger partial charge in [0.2, 0.25) is 0 Å². The van der Waals surface area contributed by atoms with E-state index in [4.69, 9.17) is 28.9 Å². The average molecular weight is 577 g/mol. The van der Waals surface area contributed by atoms with E-state index in [0.29, 0.717) is 27.9 Å². The summed E-state index contributed by atoms with van der Waals surface area (Å²) in [6.45, 7) is 2.96. The van der Waals surface area contributed by atoms with Gasteiger partial charge in [-0.25, -0.2) is 9.78 Å². The zero-order valence-electron chi connectivity index (χ0n) is 23.3. The topological polar surface area (TPSA) is 105 Å². The molecule has 11 heteroatoms. The zero-order valence-corrected chi connectivity index (χ0v) is 24.1. The first-order chi connectivity index (χ1) is 19.9. The molecule has 3 heterocycles. The van der Waals surface area contributed by atoms with Crippen LogP contribution >= 0.6 is 11.3 Å². The fourth-order valence-corrected chi connectivity index (χ4v) is 6.03. The molecule has 0 radical (unpaired) electrons. The Morgan fingerprint density at radius 2 is 1.90 bits per heavy atom. The quantitative estimate of drug-likeness (QED) is 0.264. The van der Waals surface area contributed by atoms with Crippen LogP contribution in [0.2, 0.25) is 0 Å². The van der Waals surface area contributed by atoms with E-state index >= 15 is 0 Å². The number of methoxy groups -OCH3 is 2. The van der Waals surface area contributed by atoms with E-state index in [0.717, 1.165) is 36.8 Å². The highest BCUT2D eigenvalue weighted by atomic mass is 32.1. The van der Waals surface area contributed by atoms with Crippen LogP contribution in [0, 0.1) is 0 Å². The van der Waals surface area contributed by atoms with Crippen LogP contribution in [0.5, 0.6) is 17.5 Å². The molecule has 41 heavy (non-hydrogen) atoms. The molecular weight excluding hydrogens is 544 g/mol. The second kappa shape index (κ2) is 11.0. The molecule has 0 N–H and O–H groups in total. The van der Waals surface area contributed by atoms with Crippen molar-refractivity contribution in [2.75, 3.05) is 20.8 Å². The first kappa shape index (κ1) is 27.1. The van der Waals surface area contributed by atoms with Gasteiger partial charge in [-0.2, -0.15) is 4.98 Å². The molecule has 2 aromatic heterocycles. The van der Waals surface area contributed by atoms with Crippen LogP contribution in [0.4, 0.5) is 4.79 Å². The maximum Gasteiger partial charge on any atom is 0.410 e.